The molecule has 0 aliphatic heterocycles. The van der Waals surface area contributed by atoms with Crippen molar-refractivity contribution in [3.05, 3.63) is 6.92 Å². The topological polar surface area (TPSA) is 26.3 Å². The Labute approximate surface area is 62.6 Å². The van der Waals surface area contributed by atoms with E-state index in [1.54, 1.807) is 6.92 Å². The average molecular weight is 143 g/mol. The molecule has 0 heterocycles. The molecular formula is C8H15O2. The molecule has 0 aromatic carbocycles. The molecule has 0 spiro atoms. The molecule has 0 saturated heterocycles. The summed E-state index contributed by atoms with van der Waals surface area (Å²) in [5, 5.41) is 0. The van der Waals surface area contributed by atoms with Gasteiger partial charge in [0.25, 0.3) is 0 Å². The van der Waals surface area contributed by atoms with Crippen molar-refractivity contribution >= 4 is 6.29 Å². The second-order valence-electron chi connectivity index (χ2n) is 2.85. The third-order valence-electron chi connectivity index (χ3n) is 1.25. The van der Waals surface area contributed by atoms with Crippen molar-refractivity contribution in [1.29, 1.82) is 0 Å². The van der Waals surface area contributed by atoms with E-state index in [9.17, 15) is 4.79 Å². The lowest BCUT2D eigenvalue weighted by molar-refractivity contribution is -0.134. The number of rotatable bonds is 4. The molecule has 0 aliphatic rings. The van der Waals surface area contributed by atoms with Crippen LogP contribution in [0.25, 0.3) is 0 Å². The first-order chi connectivity index (χ1) is 4.54. The lowest BCUT2D eigenvalue weighted by Crippen LogP contribution is -2.32. The van der Waals surface area contributed by atoms with Gasteiger partial charge in [0.2, 0.25) is 0 Å². The van der Waals surface area contributed by atoms with Crippen LogP contribution in [0.5, 0.6) is 0 Å². The van der Waals surface area contributed by atoms with E-state index < -0.39 is 5.60 Å². The molecule has 1 radical (unpaired) electrons. The zero-order valence-electron chi connectivity index (χ0n) is 6.89. The molecule has 0 aliphatic carbocycles. The fraction of sp³-hybridized carbons (Fsp3) is 0.750. The van der Waals surface area contributed by atoms with E-state index in [2.05, 4.69) is 6.92 Å². The smallest absolute Gasteiger partial charge is 0.151 e. The van der Waals surface area contributed by atoms with Gasteiger partial charge in [-0.25, -0.2) is 0 Å². The molecule has 0 saturated carbocycles. The summed E-state index contributed by atoms with van der Waals surface area (Å²) in [7, 11) is 0. The summed E-state index contributed by atoms with van der Waals surface area (Å²) in [6.07, 6.45) is 1.37. The number of carbonyl (C=O) groups is 1. The van der Waals surface area contributed by atoms with Crippen molar-refractivity contribution in [3.8, 4) is 0 Å². The first-order valence-corrected chi connectivity index (χ1v) is 3.47. The average Bonchev–Trinajstić information content (AvgIpc) is 1.87. The van der Waals surface area contributed by atoms with Gasteiger partial charge in [0.1, 0.15) is 5.60 Å². The Hall–Kier alpha value is -0.370. The summed E-state index contributed by atoms with van der Waals surface area (Å²) < 4.78 is 5.31. The maximum absolute atomic E-state index is 10.4. The highest BCUT2D eigenvalue weighted by Crippen LogP contribution is 2.13. The maximum Gasteiger partial charge on any atom is 0.151 e. The zero-order chi connectivity index (χ0) is 8.20. The molecule has 0 bridgehead atoms. The van der Waals surface area contributed by atoms with Gasteiger partial charge in [0.05, 0.1) is 6.10 Å². The molecule has 2 heteroatoms. The van der Waals surface area contributed by atoms with Crippen molar-refractivity contribution in [2.75, 3.05) is 0 Å². The zero-order valence-corrected chi connectivity index (χ0v) is 6.89. The van der Waals surface area contributed by atoms with Crippen molar-refractivity contribution in [2.45, 2.75) is 38.9 Å². The van der Waals surface area contributed by atoms with Crippen LogP contribution in [0.15, 0.2) is 0 Å². The van der Waals surface area contributed by atoms with Crippen LogP contribution in [-0.2, 0) is 9.53 Å². The van der Waals surface area contributed by atoms with Gasteiger partial charge < -0.3 is 9.53 Å². The maximum atomic E-state index is 10.4. The lowest BCUT2D eigenvalue weighted by Gasteiger charge is -2.24. The van der Waals surface area contributed by atoms with Gasteiger partial charge in [0.15, 0.2) is 6.29 Å². The van der Waals surface area contributed by atoms with Crippen LogP contribution in [0.1, 0.15) is 27.2 Å². The largest absolute Gasteiger partial charge is 0.365 e. The first-order valence-electron chi connectivity index (χ1n) is 3.47. The minimum Gasteiger partial charge on any atom is -0.365 e. The highest BCUT2D eigenvalue weighted by atomic mass is 16.5. The predicted molar refractivity (Wildman–Crippen MR) is 40.7 cm³/mol. The molecule has 0 rings (SSSR count). The highest BCUT2D eigenvalue weighted by Gasteiger charge is 2.22. The van der Waals surface area contributed by atoms with Crippen LogP contribution in [0.4, 0.5) is 0 Å². The molecule has 1 atom stereocenters. The normalized spacial score (nSPS) is 16.9. The summed E-state index contributed by atoms with van der Waals surface area (Å²) >= 11 is 0. The monoisotopic (exact) mass is 143 g/mol. The Bertz CT molecular complexity index is 110. The molecule has 0 fully saturated rings. The summed E-state index contributed by atoms with van der Waals surface area (Å²) in [6, 6.07) is 0. The SMILES string of the molecule is [CH2]CC(C)(C=O)OC(C)C. The Balaban J connectivity index is 3.92. The van der Waals surface area contributed by atoms with Crippen molar-refractivity contribution in [2.24, 2.45) is 0 Å². The predicted octanol–water partition coefficient (Wildman–Crippen LogP) is 1.59. The van der Waals surface area contributed by atoms with Gasteiger partial charge in [0, 0.05) is 0 Å². The van der Waals surface area contributed by atoms with E-state index in [1.165, 1.54) is 0 Å². The standard InChI is InChI=1S/C8H15O2/c1-5-8(4,6-9)10-7(2)3/h6-7H,1,5H2,2-4H3. The summed E-state index contributed by atoms with van der Waals surface area (Å²) in [5.41, 5.74) is -0.686. The second-order valence-corrected chi connectivity index (χ2v) is 2.85. The van der Waals surface area contributed by atoms with E-state index in [1.807, 2.05) is 13.8 Å². The third-order valence-corrected chi connectivity index (χ3v) is 1.25. The van der Waals surface area contributed by atoms with Crippen LogP contribution in [0, 0.1) is 6.92 Å². The molecular weight excluding hydrogens is 128 g/mol. The molecule has 1 unspecified atom stereocenters. The summed E-state index contributed by atoms with van der Waals surface area (Å²) in [5.74, 6) is 0. The number of carbonyl (C=O) groups excluding carboxylic acids is 1. The number of ether oxygens (including phenoxy) is 1. The van der Waals surface area contributed by atoms with Gasteiger partial charge >= 0.3 is 0 Å². The van der Waals surface area contributed by atoms with Gasteiger partial charge in [-0.2, -0.15) is 0 Å². The van der Waals surface area contributed by atoms with Gasteiger partial charge in [-0.15, -0.1) is 0 Å². The van der Waals surface area contributed by atoms with Crippen LogP contribution in [0.3, 0.4) is 0 Å². The molecule has 0 aromatic heterocycles. The fourth-order valence-electron chi connectivity index (χ4n) is 0.684. The van der Waals surface area contributed by atoms with Crippen molar-refractivity contribution < 1.29 is 9.53 Å². The van der Waals surface area contributed by atoms with Crippen LogP contribution in [0.2, 0.25) is 0 Å². The quantitative estimate of drug-likeness (QED) is 0.559. The minimum atomic E-state index is -0.686. The Morgan fingerprint density at radius 1 is 1.70 bits per heavy atom. The van der Waals surface area contributed by atoms with Gasteiger partial charge in [-0.3, -0.25) is 0 Å². The Morgan fingerprint density at radius 3 is 2.30 bits per heavy atom. The van der Waals surface area contributed by atoms with Crippen LogP contribution in [-0.4, -0.2) is 18.0 Å². The van der Waals surface area contributed by atoms with Gasteiger partial charge in [-0.1, -0.05) is 6.92 Å². The Kier molecular flexibility index (Phi) is 3.58. The highest BCUT2D eigenvalue weighted by molar-refractivity contribution is 5.61. The fourth-order valence-corrected chi connectivity index (χ4v) is 0.684. The minimum absolute atomic E-state index is 0.0805. The van der Waals surface area contributed by atoms with Crippen molar-refractivity contribution in [3.63, 3.8) is 0 Å². The molecule has 2 nitrogen and oxygen atoms in total. The first kappa shape index (κ1) is 9.63. The van der Waals surface area contributed by atoms with E-state index in [0.717, 1.165) is 6.29 Å². The number of hydrogen-bond donors (Lipinski definition) is 0. The van der Waals surface area contributed by atoms with Crippen LogP contribution >= 0.6 is 0 Å². The molecule has 0 N–H and O–H groups in total. The molecule has 0 amide bonds. The lowest BCUT2D eigenvalue weighted by atomic mass is 10.1. The molecule has 10 heavy (non-hydrogen) atoms. The molecule has 59 valence electrons. The summed E-state index contributed by atoms with van der Waals surface area (Å²) in [6.45, 7) is 9.17. The second kappa shape index (κ2) is 3.71. The summed E-state index contributed by atoms with van der Waals surface area (Å²) in [4.78, 5) is 10.4. The Morgan fingerprint density at radius 2 is 2.20 bits per heavy atom. The van der Waals surface area contributed by atoms with Crippen LogP contribution < -0.4 is 0 Å². The number of aldehydes is 1. The third kappa shape index (κ3) is 2.97. The van der Waals surface area contributed by atoms with E-state index in [4.69, 9.17) is 4.74 Å². The van der Waals surface area contributed by atoms with E-state index in [0.29, 0.717) is 6.42 Å². The molecule has 0 aromatic rings. The van der Waals surface area contributed by atoms with E-state index in [-0.39, 0.29) is 6.10 Å². The van der Waals surface area contributed by atoms with E-state index >= 15 is 0 Å². The number of hydrogen-bond acceptors (Lipinski definition) is 2. The van der Waals surface area contributed by atoms with Crippen molar-refractivity contribution in [1.82, 2.24) is 0 Å². The van der Waals surface area contributed by atoms with Gasteiger partial charge in [-0.05, 0) is 27.2 Å².